The Kier molecular flexibility index (Phi) is 2.89. The molecule has 0 spiro atoms. The van der Waals surface area contributed by atoms with Crippen LogP contribution in [0.4, 0.5) is 4.39 Å². The minimum absolute atomic E-state index is 0.0709. The predicted molar refractivity (Wildman–Crippen MR) is 45.8 cm³/mol. The van der Waals surface area contributed by atoms with Gasteiger partial charge in [-0.05, 0) is 30.7 Å². The van der Waals surface area contributed by atoms with Gasteiger partial charge in [-0.25, -0.2) is 4.39 Å². The molecule has 0 radical (unpaired) electrons. The highest BCUT2D eigenvalue weighted by Crippen LogP contribution is 2.25. The molecule has 0 bridgehead atoms. The Bertz CT molecular complexity index is 267. The molecule has 0 atom stereocenters. The molecule has 0 aromatic heterocycles. The van der Waals surface area contributed by atoms with Crippen molar-refractivity contribution in [2.75, 3.05) is 6.54 Å². The lowest BCUT2D eigenvalue weighted by molar-refractivity contribution is 0.432. The highest BCUT2D eigenvalue weighted by Gasteiger charge is 2.07. The molecule has 2 nitrogen and oxygen atoms in total. The second-order valence-electron chi connectivity index (χ2n) is 2.45. The summed E-state index contributed by atoms with van der Waals surface area (Å²) >= 11 is 5.48. The summed E-state index contributed by atoms with van der Waals surface area (Å²) in [7, 11) is 0. The molecule has 0 saturated carbocycles. The van der Waals surface area contributed by atoms with E-state index in [0.717, 1.165) is 5.56 Å². The van der Waals surface area contributed by atoms with E-state index < -0.39 is 11.6 Å². The second-order valence-corrected chi connectivity index (χ2v) is 2.86. The van der Waals surface area contributed by atoms with Crippen molar-refractivity contribution in [3.05, 3.63) is 28.5 Å². The van der Waals surface area contributed by atoms with E-state index in [9.17, 15) is 4.39 Å². The van der Waals surface area contributed by atoms with Crippen LogP contribution < -0.4 is 5.73 Å². The maximum atomic E-state index is 12.7. The number of aromatic hydroxyl groups is 1. The van der Waals surface area contributed by atoms with Gasteiger partial charge in [-0.3, -0.25) is 0 Å². The number of phenols is 1. The third kappa shape index (κ3) is 1.87. The summed E-state index contributed by atoms with van der Waals surface area (Å²) in [4.78, 5) is 0. The van der Waals surface area contributed by atoms with Gasteiger partial charge in [0.05, 0.1) is 5.02 Å². The molecule has 3 N–H and O–H groups in total. The molecule has 0 amide bonds. The topological polar surface area (TPSA) is 46.2 Å². The van der Waals surface area contributed by atoms with E-state index in [4.69, 9.17) is 22.4 Å². The molecule has 12 heavy (non-hydrogen) atoms. The number of phenolic OH excluding ortho intramolecular Hbond substituents is 1. The van der Waals surface area contributed by atoms with Crippen LogP contribution in [0.1, 0.15) is 5.56 Å². The molecule has 0 fully saturated rings. The summed E-state index contributed by atoms with van der Waals surface area (Å²) in [5.74, 6) is -1.21. The van der Waals surface area contributed by atoms with Crippen LogP contribution >= 0.6 is 11.6 Å². The van der Waals surface area contributed by atoms with E-state index in [1.54, 1.807) is 0 Å². The van der Waals surface area contributed by atoms with Crippen LogP contribution in [0.25, 0.3) is 0 Å². The SMILES string of the molecule is NCCc1cc(O)c(F)c(Cl)c1. The molecular formula is C8H9ClFNO. The van der Waals surface area contributed by atoms with Crippen LogP contribution in [-0.4, -0.2) is 11.7 Å². The lowest BCUT2D eigenvalue weighted by Crippen LogP contribution is -2.02. The van der Waals surface area contributed by atoms with Gasteiger partial charge >= 0.3 is 0 Å². The summed E-state index contributed by atoms with van der Waals surface area (Å²) in [6.07, 6.45) is 0.577. The lowest BCUT2D eigenvalue weighted by atomic mass is 10.1. The van der Waals surface area contributed by atoms with Crippen molar-refractivity contribution in [3.8, 4) is 5.75 Å². The molecule has 0 unspecified atom stereocenters. The number of rotatable bonds is 2. The van der Waals surface area contributed by atoms with Gasteiger partial charge in [-0.2, -0.15) is 0 Å². The highest BCUT2D eigenvalue weighted by atomic mass is 35.5. The molecule has 0 saturated heterocycles. The van der Waals surface area contributed by atoms with Crippen molar-refractivity contribution < 1.29 is 9.50 Å². The van der Waals surface area contributed by atoms with Crippen LogP contribution in [0.2, 0.25) is 5.02 Å². The Balaban J connectivity index is 3.04. The van der Waals surface area contributed by atoms with Gasteiger partial charge in [-0.15, -0.1) is 0 Å². The Morgan fingerprint density at radius 2 is 2.17 bits per heavy atom. The predicted octanol–water partition coefficient (Wildman–Crippen LogP) is 1.69. The molecular weight excluding hydrogens is 181 g/mol. The molecule has 0 heterocycles. The first kappa shape index (κ1) is 9.29. The summed E-state index contributed by atoms with van der Waals surface area (Å²) in [5.41, 5.74) is 6.02. The molecule has 1 rings (SSSR count). The zero-order chi connectivity index (χ0) is 9.14. The van der Waals surface area contributed by atoms with Gasteiger partial charge in [0.25, 0.3) is 0 Å². The van der Waals surface area contributed by atoms with E-state index >= 15 is 0 Å². The molecule has 66 valence electrons. The summed E-state index contributed by atoms with van der Waals surface area (Å²) in [5, 5.41) is 8.94. The van der Waals surface area contributed by atoms with Crippen molar-refractivity contribution >= 4 is 11.6 Å². The maximum Gasteiger partial charge on any atom is 0.183 e. The quantitative estimate of drug-likeness (QED) is 0.744. The third-order valence-corrected chi connectivity index (χ3v) is 1.78. The minimum Gasteiger partial charge on any atom is -0.505 e. The van der Waals surface area contributed by atoms with E-state index in [1.165, 1.54) is 12.1 Å². The van der Waals surface area contributed by atoms with E-state index in [-0.39, 0.29) is 5.02 Å². The zero-order valence-corrected chi connectivity index (χ0v) is 7.11. The molecule has 1 aromatic rings. The van der Waals surface area contributed by atoms with Gasteiger partial charge in [0.2, 0.25) is 0 Å². The number of benzene rings is 1. The Morgan fingerprint density at radius 1 is 1.50 bits per heavy atom. The fourth-order valence-corrected chi connectivity index (χ4v) is 1.18. The fourth-order valence-electron chi connectivity index (χ4n) is 0.940. The number of halogens is 2. The van der Waals surface area contributed by atoms with E-state index in [0.29, 0.717) is 13.0 Å². The second kappa shape index (κ2) is 3.74. The van der Waals surface area contributed by atoms with Crippen molar-refractivity contribution in [3.63, 3.8) is 0 Å². The first-order chi connectivity index (χ1) is 5.65. The molecule has 1 aromatic carbocycles. The van der Waals surface area contributed by atoms with Crippen LogP contribution in [0.3, 0.4) is 0 Å². The number of nitrogens with two attached hydrogens (primary N) is 1. The molecule has 0 aliphatic heterocycles. The lowest BCUT2D eigenvalue weighted by Gasteiger charge is -2.02. The van der Waals surface area contributed by atoms with Crippen molar-refractivity contribution in [2.24, 2.45) is 5.73 Å². The normalized spacial score (nSPS) is 10.2. The van der Waals surface area contributed by atoms with Gasteiger partial charge < -0.3 is 10.8 Å². The Hall–Kier alpha value is -0.800. The third-order valence-electron chi connectivity index (χ3n) is 1.50. The highest BCUT2D eigenvalue weighted by molar-refractivity contribution is 6.30. The maximum absolute atomic E-state index is 12.7. The smallest absolute Gasteiger partial charge is 0.183 e. The van der Waals surface area contributed by atoms with Gasteiger partial charge in [-0.1, -0.05) is 11.6 Å². The van der Waals surface area contributed by atoms with Crippen molar-refractivity contribution in [2.45, 2.75) is 6.42 Å². The Labute approximate surface area is 74.8 Å². The first-order valence-corrected chi connectivity index (χ1v) is 3.90. The van der Waals surface area contributed by atoms with Gasteiger partial charge in [0.15, 0.2) is 11.6 Å². The minimum atomic E-state index is -0.780. The fraction of sp³-hybridized carbons (Fsp3) is 0.250. The standard InChI is InChI=1S/C8H9ClFNO/c9-6-3-5(1-2-11)4-7(12)8(6)10/h3-4,12H,1-2,11H2. The summed E-state index contributed by atoms with van der Waals surface area (Å²) in [6.45, 7) is 0.446. The number of hydrogen-bond acceptors (Lipinski definition) is 2. The van der Waals surface area contributed by atoms with Crippen molar-refractivity contribution in [1.82, 2.24) is 0 Å². The molecule has 0 aliphatic rings. The van der Waals surface area contributed by atoms with Crippen LogP contribution in [0, 0.1) is 5.82 Å². The van der Waals surface area contributed by atoms with Gasteiger partial charge in [0.1, 0.15) is 0 Å². The van der Waals surface area contributed by atoms with Gasteiger partial charge in [0, 0.05) is 0 Å². The average molecular weight is 190 g/mol. The summed E-state index contributed by atoms with van der Waals surface area (Å²) < 4.78 is 12.7. The average Bonchev–Trinajstić information content (AvgIpc) is 2.01. The molecule has 0 aliphatic carbocycles. The van der Waals surface area contributed by atoms with Crippen LogP contribution in [0.5, 0.6) is 5.75 Å². The largest absolute Gasteiger partial charge is 0.505 e. The first-order valence-electron chi connectivity index (χ1n) is 3.52. The van der Waals surface area contributed by atoms with Crippen molar-refractivity contribution in [1.29, 1.82) is 0 Å². The monoisotopic (exact) mass is 189 g/mol. The zero-order valence-electron chi connectivity index (χ0n) is 6.35. The molecule has 4 heteroatoms. The summed E-state index contributed by atoms with van der Waals surface area (Å²) in [6, 6.07) is 2.79. The van der Waals surface area contributed by atoms with Crippen LogP contribution in [0.15, 0.2) is 12.1 Å². The van der Waals surface area contributed by atoms with E-state index in [1.807, 2.05) is 0 Å². The Morgan fingerprint density at radius 3 is 2.67 bits per heavy atom. The van der Waals surface area contributed by atoms with E-state index in [2.05, 4.69) is 0 Å². The van der Waals surface area contributed by atoms with Crippen LogP contribution in [-0.2, 0) is 6.42 Å². The number of hydrogen-bond donors (Lipinski definition) is 2.